The van der Waals surface area contributed by atoms with Gasteiger partial charge >= 0.3 is 0 Å². The van der Waals surface area contributed by atoms with E-state index in [9.17, 15) is 14.8 Å². The summed E-state index contributed by atoms with van der Waals surface area (Å²) in [5, 5.41) is 28.9. The minimum atomic E-state index is -0.556. The van der Waals surface area contributed by atoms with Gasteiger partial charge in [0.2, 0.25) is 5.95 Å². The van der Waals surface area contributed by atoms with Gasteiger partial charge in [-0.05, 0) is 68.9 Å². The number of hydrogen-bond acceptors (Lipinski definition) is 9. The van der Waals surface area contributed by atoms with Crippen LogP contribution in [0.1, 0.15) is 54.3 Å². The summed E-state index contributed by atoms with van der Waals surface area (Å²) in [7, 11) is 1.80. The molecule has 1 aromatic carbocycles. The zero-order chi connectivity index (χ0) is 30.1. The summed E-state index contributed by atoms with van der Waals surface area (Å²) < 4.78 is 15.5. The largest absolute Gasteiger partial charge is 0.390 e. The first-order valence-electron chi connectivity index (χ1n) is 15.3. The van der Waals surface area contributed by atoms with Gasteiger partial charge < -0.3 is 25.2 Å². The summed E-state index contributed by atoms with van der Waals surface area (Å²) in [6.45, 7) is 9.83. The van der Waals surface area contributed by atoms with Crippen molar-refractivity contribution in [2.75, 3.05) is 50.4 Å². The first-order chi connectivity index (χ1) is 20.8. The predicted octanol–water partition coefficient (Wildman–Crippen LogP) is 5.26. The third-order valence-corrected chi connectivity index (χ3v) is 10.3. The maximum Gasteiger partial charge on any atom is 0.225 e. The third kappa shape index (κ3) is 6.34. The Bertz CT molecular complexity index is 1640. The Balaban J connectivity index is 1.10. The lowest BCUT2D eigenvalue weighted by Crippen LogP contribution is -2.43. The maximum atomic E-state index is 13.3. The van der Waals surface area contributed by atoms with E-state index in [0.717, 1.165) is 98.4 Å². The van der Waals surface area contributed by atoms with E-state index < -0.39 is 12.3 Å². The number of thiophene rings is 1. The number of likely N-dealkylation sites (tertiary alicyclic amines) is 2. The Hall–Kier alpha value is -3.30. The Labute approximate surface area is 256 Å². The Morgan fingerprint density at radius 1 is 1.09 bits per heavy atom. The van der Waals surface area contributed by atoms with Crippen LogP contribution in [0.5, 0.6) is 0 Å². The number of aliphatic hydroxyl groups is 1. The van der Waals surface area contributed by atoms with E-state index >= 15 is 0 Å². The van der Waals surface area contributed by atoms with Gasteiger partial charge in [0.05, 0.1) is 11.0 Å². The van der Waals surface area contributed by atoms with Crippen molar-refractivity contribution in [3.63, 3.8) is 0 Å². The number of aryl methyl sites for hydroxylation is 1. The van der Waals surface area contributed by atoms with Crippen molar-refractivity contribution in [3.05, 3.63) is 46.0 Å². The minimum absolute atomic E-state index is 0.287. The molecule has 0 bridgehead atoms. The van der Waals surface area contributed by atoms with Crippen molar-refractivity contribution in [1.82, 2.24) is 24.3 Å². The molecule has 0 aliphatic carbocycles. The predicted molar refractivity (Wildman–Crippen MR) is 171 cm³/mol. The number of rotatable bonds is 9. The number of hydrogen-bond donors (Lipinski definition) is 3. The highest BCUT2D eigenvalue weighted by Crippen LogP contribution is 2.32. The van der Waals surface area contributed by atoms with Crippen LogP contribution in [-0.4, -0.2) is 80.9 Å². The average Bonchev–Trinajstić information content (AvgIpc) is 3.60. The van der Waals surface area contributed by atoms with E-state index in [4.69, 9.17) is 0 Å². The van der Waals surface area contributed by atoms with Crippen LogP contribution in [0.3, 0.4) is 0 Å². The van der Waals surface area contributed by atoms with Gasteiger partial charge in [-0.25, -0.2) is 9.37 Å². The van der Waals surface area contributed by atoms with E-state index in [-0.39, 0.29) is 6.04 Å². The highest BCUT2D eigenvalue weighted by Gasteiger charge is 2.27. The number of nitriles is 1. The fourth-order valence-corrected chi connectivity index (χ4v) is 7.33. The van der Waals surface area contributed by atoms with E-state index in [2.05, 4.69) is 60.1 Å². The summed E-state index contributed by atoms with van der Waals surface area (Å²) >= 11 is 1.38. The van der Waals surface area contributed by atoms with Gasteiger partial charge in [-0.1, -0.05) is 6.07 Å². The molecule has 0 atom stereocenters. The van der Waals surface area contributed by atoms with Gasteiger partial charge in [-0.15, -0.1) is 11.3 Å². The third-order valence-electron chi connectivity index (χ3n) is 9.28. The Morgan fingerprint density at radius 2 is 1.86 bits per heavy atom. The van der Waals surface area contributed by atoms with E-state index in [1.807, 2.05) is 19.1 Å². The molecule has 0 unspecified atom stereocenters. The lowest BCUT2D eigenvalue weighted by molar-refractivity contribution is -0.00584. The fourth-order valence-electron chi connectivity index (χ4n) is 6.45. The molecule has 9 nitrogen and oxygen atoms in total. The normalized spacial score (nSPS) is 18.3. The number of nitrogens with zero attached hydrogens (tertiary/aromatic N) is 6. The van der Waals surface area contributed by atoms with Crippen molar-refractivity contribution in [2.24, 2.45) is 0 Å². The van der Waals surface area contributed by atoms with E-state index in [1.165, 1.54) is 22.5 Å². The molecule has 11 heteroatoms. The zero-order valence-electron chi connectivity index (χ0n) is 25.3. The molecule has 3 aromatic heterocycles. The van der Waals surface area contributed by atoms with Gasteiger partial charge in [0.1, 0.15) is 29.1 Å². The monoisotopic (exact) mass is 604 g/mol. The summed E-state index contributed by atoms with van der Waals surface area (Å²) in [5.41, 5.74) is 3.80. The number of aromatic nitrogens is 3. The van der Waals surface area contributed by atoms with Crippen LogP contribution in [0.15, 0.2) is 24.3 Å². The number of halogens is 1. The summed E-state index contributed by atoms with van der Waals surface area (Å²) in [6, 6.07) is 11.0. The quantitative estimate of drug-likeness (QED) is 0.238. The minimum Gasteiger partial charge on any atom is -0.390 e. The molecule has 43 heavy (non-hydrogen) atoms. The van der Waals surface area contributed by atoms with Crippen molar-refractivity contribution in [3.8, 4) is 6.07 Å². The van der Waals surface area contributed by atoms with Crippen molar-refractivity contribution in [2.45, 2.75) is 70.9 Å². The van der Waals surface area contributed by atoms with Crippen LogP contribution >= 0.6 is 11.3 Å². The molecule has 2 saturated heterocycles. The SMILES string of the molecule is CNc1nc(NC2CCN(Cc3ccc4c(cc(C#N)n4CCN4CCC(C)(O)CC4)c3C)CC2)c2cc(CF)sc2n1. The Morgan fingerprint density at radius 3 is 2.56 bits per heavy atom. The van der Waals surface area contributed by atoms with Gasteiger partial charge in [0.15, 0.2) is 0 Å². The van der Waals surface area contributed by atoms with Gasteiger partial charge in [-0.2, -0.15) is 10.2 Å². The van der Waals surface area contributed by atoms with Crippen molar-refractivity contribution in [1.29, 1.82) is 5.26 Å². The molecule has 4 aromatic rings. The number of piperidine rings is 2. The highest BCUT2D eigenvalue weighted by molar-refractivity contribution is 7.18. The molecule has 3 N–H and O–H groups in total. The maximum absolute atomic E-state index is 13.3. The number of fused-ring (bicyclic) bond motifs is 2. The number of benzene rings is 1. The molecular formula is C32H41FN8OS. The molecule has 5 heterocycles. The Kier molecular flexibility index (Phi) is 8.56. The second-order valence-corrected chi connectivity index (χ2v) is 13.4. The lowest BCUT2D eigenvalue weighted by atomic mass is 9.94. The van der Waals surface area contributed by atoms with Crippen LogP contribution in [0.25, 0.3) is 21.1 Å². The van der Waals surface area contributed by atoms with E-state index in [0.29, 0.717) is 16.5 Å². The summed E-state index contributed by atoms with van der Waals surface area (Å²) in [6.07, 6.45) is 3.56. The fraction of sp³-hybridized carbons (Fsp3) is 0.531. The summed E-state index contributed by atoms with van der Waals surface area (Å²) in [5.74, 6) is 1.31. The van der Waals surface area contributed by atoms with Crippen LogP contribution < -0.4 is 10.6 Å². The first kappa shape index (κ1) is 29.8. The summed E-state index contributed by atoms with van der Waals surface area (Å²) in [4.78, 5) is 15.5. The number of alkyl halides is 1. The van der Waals surface area contributed by atoms with Crippen LogP contribution in [0.4, 0.5) is 16.2 Å². The van der Waals surface area contributed by atoms with Crippen molar-refractivity contribution >= 4 is 44.2 Å². The standard InChI is InChI=1S/C32H41FN8OS/c1-21-22(4-5-28-26(21)16-24(19-34)41(28)15-14-39-12-8-32(2,42)9-13-39)20-40-10-6-23(7-11-40)36-29-27-17-25(18-33)43-30(27)38-31(35-3)37-29/h4-5,16-17,23,42H,6-15,18,20H2,1-3H3,(H2,35,36,37,38). The van der Waals surface area contributed by atoms with Crippen LogP contribution in [0.2, 0.25) is 0 Å². The van der Waals surface area contributed by atoms with Crippen LogP contribution in [-0.2, 0) is 19.8 Å². The second-order valence-electron chi connectivity index (χ2n) is 12.3. The number of anilines is 2. The molecule has 0 saturated carbocycles. The van der Waals surface area contributed by atoms with E-state index in [1.54, 1.807) is 7.05 Å². The van der Waals surface area contributed by atoms with Gasteiger partial charge in [-0.3, -0.25) is 4.90 Å². The molecule has 2 aliphatic heterocycles. The molecule has 2 aliphatic rings. The number of nitrogens with one attached hydrogen (secondary N) is 2. The van der Waals surface area contributed by atoms with Crippen LogP contribution in [0, 0.1) is 18.3 Å². The molecule has 0 amide bonds. The molecule has 0 radical (unpaired) electrons. The molecule has 2 fully saturated rings. The molecular weight excluding hydrogens is 563 g/mol. The van der Waals surface area contributed by atoms with Crippen molar-refractivity contribution < 1.29 is 9.50 Å². The average molecular weight is 605 g/mol. The molecule has 6 rings (SSSR count). The smallest absolute Gasteiger partial charge is 0.225 e. The van der Waals surface area contributed by atoms with Gasteiger partial charge in [0.25, 0.3) is 0 Å². The second kappa shape index (κ2) is 12.4. The molecule has 0 spiro atoms. The first-order valence-corrected chi connectivity index (χ1v) is 16.1. The van der Waals surface area contributed by atoms with Gasteiger partial charge in [0, 0.05) is 74.7 Å². The highest BCUT2D eigenvalue weighted by atomic mass is 32.1. The topological polar surface area (TPSA) is 105 Å². The zero-order valence-corrected chi connectivity index (χ0v) is 26.1. The molecule has 228 valence electrons. The lowest BCUT2D eigenvalue weighted by Gasteiger charge is -2.35.